The molecule has 0 saturated carbocycles. The molecular formula is C16H22N2O2. The molecule has 0 saturated heterocycles. The molecule has 4 heteroatoms. The predicted octanol–water partition coefficient (Wildman–Crippen LogP) is 3.66. The molecule has 2 rings (SSSR count). The van der Waals surface area contributed by atoms with Crippen LogP contribution >= 0.6 is 0 Å². The van der Waals surface area contributed by atoms with Crippen molar-refractivity contribution in [2.75, 3.05) is 14.2 Å². The first kappa shape index (κ1) is 14.9. The van der Waals surface area contributed by atoms with Gasteiger partial charge in [0, 0.05) is 14.2 Å². The van der Waals surface area contributed by atoms with Crippen molar-refractivity contribution in [1.82, 2.24) is 9.97 Å². The van der Waals surface area contributed by atoms with Crippen LogP contribution in [0.15, 0.2) is 12.1 Å². The first-order valence-electron chi connectivity index (χ1n) is 6.82. The minimum atomic E-state index is -0.481. The lowest BCUT2D eigenvalue weighted by Crippen LogP contribution is -2.13. The Kier molecular flexibility index (Phi) is 4.35. The van der Waals surface area contributed by atoms with Crippen molar-refractivity contribution in [3.05, 3.63) is 34.6 Å². The third-order valence-corrected chi connectivity index (χ3v) is 3.53. The van der Waals surface area contributed by atoms with Crippen molar-refractivity contribution in [3.8, 4) is 0 Å². The van der Waals surface area contributed by atoms with Crippen LogP contribution in [0.5, 0.6) is 0 Å². The van der Waals surface area contributed by atoms with Crippen LogP contribution in [0, 0.1) is 13.8 Å². The number of aromatic nitrogens is 2. The van der Waals surface area contributed by atoms with Crippen molar-refractivity contribution < 1.29 is 9.47 Å². The van der Waals surface area contributed by atoms with Gasteiger partial charge >= 0.3 is 0 Å². The third-order valence-electron chi connectivity index (χ3n) is 3.53. The molecule has 1 aromatic heterocycles. The molecule has 0 fully saturated rings. The Morgan fingerprint density at radius 1 is 0.850 bits per heavy atom. The van der Waals surface area contributed by atoms with Crippen LogP contribution in [-0.4, -0.2) is 24.2 Å². The lowest BCUT2D eigenvalue weighted by atomic mass is 10.0. The number of methoxy groups -OCH3 is 2. The second kappa shape index (κ2) is 5.85. The van der Waals surface area contributed by atoms with E-state index in [1.165, 1.54) is 11.1 Å². The first-order chi connectivity index (χ1) is 9.47. The van der Waals surface area contributed by atoms with Gasteiger partial charge in [-0.15, -0.1) is 0 Å². The molecule has 108 valence electrons. The van der Waals surface area contributed by atoms with Gasteiger partial charge < -0.3 is 9.47 Å². The summed E-state index contributed by atoms with van der Waals surface area (Å²) in [5.74, 6) is 0.260. The van der Waals surface area contributed by atoms with E-state index in [2.05, 4.69) is 39.8 Å². The Morgan fingerprint density at radius 3 is 1.70 bits per heavy atom. The molecule has 0 aliphatic carbocycles. The number of ether oxygens (including phenoxy) is 2. The van der Waals surface area contributed by atoms with Crippen molar-refractivity contribution >= 4 is 11.0 Å². The molecule has 0 bridgehead atoms. The molecule has 0 amide bonds. The van der Waals surface area contributed by atoms with Crippen LogP contribution in [-0.2, 0) is 9.47 Å². The van der Waals surface area contributed by atoms with E-state index in [9.17, 15) is 0 Å². The summed E-state index contributed by atoms with van der Waals surface area (Å²) in [6, 6.07) is 4.15. The summed E-state index contributed by atoms with van der Waals surface area (Å²) >= 11 is 0. The van der Waals surface area contributed by atoms with E-state index in [0.29, 0.717) is 0 Å². The van der Waals surface area contributed by atoms with Gasteiger partial charge in [0.1, 0.15) is 5.69 Å². The van der Waals surface area contributed by atoms with Crippen LogP contribution in [0.2, 0.25) is 0 Å². The monoisotopic (exact) mass is 274 g/mol. The highest BCUT2D eigenvalue weighted by atomic mass is 16.7. The maximum Gasteiger partial charge on any atom is 0.202 e. The highest BCUT2D eigenvalue weighted by Gasteiger charge is 2.20. The molecule has 1 heterocycles. The standard InChI is InChI=1S/C16H22N2O2/c1-9(2)14-15(16(19-5)20-6)18-13-8-11(4)10(3)7-12(13)17-14/h7-9,16H,1-6H3. The quantitative estimate of drug-likeness (QED) is 0.798. The van der Waals surface area contributed by atoms with E-state index >= 15 is 0 Å². The van der Waals surface area contributed by atoms with Crippen molar-refractivity contribution in [2.45, 2.75) is 39.9 Å². The van der Waals surface area contributed by atoms with Gasteiger partial charge in [0.2, 0.25) is 6.29 Å². The van der Waals surface area contributed by atoms with Gasteiger partial charge in [-0.25, -0.2) is 9.97 Å². The summed E-state index contributed by atoms with van der Waals surface area (Å²) in [6.07, 6.45) is -0.481. The molecule has 0 spiro atoms. The van der Waals surface area contributed by atoms with E-state index in [4.69, 9.17) is 19.4 Å². The molecule has 0 N–H and O–H groups in total. The van der Waals surface area contributed by atoms with E-state index in [0.717, 1.165) is 22.4 Å². The highest BCUT2D eigenvalue weighted by Crippen LogP contribution is 2.27. The number of fused-ring (bicyclic) bond motifs is 1. The Bertz CT molecular complexity index is 619. The predicted molar refractivity (Wildman–Crippen MR) is 79.9 cm³/mol. The minimum Gasteiger partial charge on any atom is -0.350 e. The molecule has 0 aliphatic heterocycles. The fraction of sp³-hybridized carbons (Fsp3) is 0.500. The number of hydrogen-bond donors (Lipinski definition) is 0. The Hall–Kier alpha value is -1.52. The van der Waals surface area contributed by atoms with Gasteiger partial charge in [-0.1, -0.05) is 13.8 Å². The maximum atomic E-state index is 5.35. The summed E-state index contributed by atoms with van der Waals surface area (Å²) in [5.41, 5.74) is 5.93. The van der Waals surface area contributed by atoms with Gasteiger partial charge in [-0.2, -0.15) is 0 Å². The SMILES string of the molecule is COC(OC)c1nc2cc(C)c(C)cc2nc1C(C)C. The summed E-state index contributed by atoms with van der Waals surface area (Å²) in [6.45, 7) is 8.37. The molecule has 2 aromatic rings. The molecule has 0 atom stereocenters. The van der Waals surface area contributed by atoms with Gasteiger partial charge in [0.25, 0.3) is 0 Å². The highest BCUT2D eigenvalue weighted by molar-refractivity contribution is 5.76. The molecule has 0 radical (unpaired) electrons. The molecular weight excluding hydrogens is 252 g/mol. The zero-order valence-corrected chi connectivity index (χ0v) is 13.0. The Balaban J connectivity index is 2.71. The van der Waals surface area contributed by atoms with Crippen LogP contribution in [0.4, 0.5) is 0 Å². The number of hydrogen-bond acceptors (Lipinski definition) is 4. The van der Waals surface area contributed by atoms with Crippen LogP contribution in [0.1, 0.15) is 48.6 Å². The van der Waals surface area contributed by atoms with E-state index in [1.54, 1.807) is 14.2 Å². The number of nitrogens with zero attached hydrogens (tertiary/aromatic N) is 2. The van der Waals surface area contributed by atoms with Crippen LogP contribution in [0.25, 0.3) is 11.0 Å². The van der Waals surface area contributed by atoms with E-state index in [1.807, 2.05) is 0 Å². The van der Waals surface area contributed by atoms with Crippen molar-refractivity contribution in [1.29, 1.82) is 0 Å². The summed E-state index contributed by atoms with van der Waals surface area (Å²) in [5, 5.41) is 0. The summed E-state index contributed by atoms with van der Waals surface area (Å²) in [4.78, 5) is 9.50. The third kappa shape index (κ3) is 2.67. The zero-order chi connectivity index (χ0) is 14.9. The minimum absolute atomic E-state index is 0.260. The van der Waals surface area contributed by atoms with Gasteiger partial charge in [0.05, 0.1) is 16.7 Å². The Labute approximate surface area is 120 Å². The van der Waals surface area contributed by atoms with Crippen molar-refractivity contribution in [2.24, 2.45) is 0 Å². The summed E-state index contributed by atoms with van der Waals surface area (Å²) in [7, 11) is 3.23. The number of aryl methyl sites for hydroxylation is 2. The smallest absolute Gasteiger partial charge is 0.202 e. The lowest BCUT2D eigenvalue weighted by Gasteiger charge is -2.19. The molecule has 1 aromatic carbocycles. The normalized spacial score (nSPS) is 11.8. The van der Waals surface area contributed by atoms with Gasteiger partial charge in [-0.3, -0.25) is 0 Å². The fourth-order valence-corrected chi connectivity index (χ4v) is 2.26. The molecule has 0 aliphatic rings. The number of benzene rings is 1. The fourth-order valence-electron chi connectivity index (χ4n) is 2.26. The average Bonchev–Trinajstić information content (AvgIpc) is 2.41. The lowest BCUT2D eigenvalue weighted by molar-refractivity contribution is -0.109. The Morgan fingerprint density at radius 2 is 1.30 bits per heavy atom. The second-order valence-electron chi connectivity index (χ2n) is 5.38. The van der Waals surface area contributed by atoms with Gasteiger partial charge in [-0.05, 0) is 43.0 Å². The number of rotatable bonds is 4. The molecule has 20 heavy (non-hydrogen) atoms. The van der Waals surface area contributed by atoms with E-state index in [-0.39, 0.29) is 5.92 Å². The topological polar surface area (TPSA) is 44.2 Å². The maximum absolute atomic E-state index is 5.35. The van der Waals surface area contributed by atoms with Gasteiger partial charge in [0.15, 0.2) is 0 Å². The van der Waals surface area contributed by atoms with Crippen LogP contribution < -0.4 is 0 Å². The molecule has 4 nitrogen and oxygen atoms in total. The average molecular weight is 274 g/mol. The largest absolute Gasteiger partial charge is 0.350 e. The summed E-state index contributed by atoms with van der Waals surface area (Å²) < 4.78 is 10.7. The second-order valence-corrected chi connectivity index (χ2v) is 5.38. The molecule has 0 unspecified atom stereocenters. The van der Waals surface area contributed by atoms with Crippen LogP contribution in [0.3, 0.4) is 0 Å². The van der Waals surface area contributed by atoms with Crippen molar-refractivity contribution in [3.63, 3.8) is 0 Å². The zero-order valence-electron chi connectivity index (χ0n) is 13.0. The first-order valence-corrected chi connectivity index (χ1v) is 6.82. The van der Waals surface area contributed by atoms with E-state index < -0.39 is 6.29 Å².